The van der Waals surface area contributed by atoms with Gasteiger partial charge in [0.2, 0.25) is 11.8 Å². The van der Waals surface area contributed by atoms with E-state index in [-0.39, 0.29) is 17.4 Å². The molecule has 0 aromatic heterocycles. The van der Waals surface area contributed by atoms with Crippen molar-refractivity contribution >= 4 is 50.7 Å². The van der Waals surface area contributed by atoms with E-state index in [2.05, 4.69) is 5.32 Å². The zero-order chi connectivity index (χ0) is 28.0. The van der Waals surface area contributed by atoms with E-state index in [1.165, 1.54) is 24.1 Å². The average Bonchev–Trinajstić information content (AvgIpc) is 2.91. The second-order valence-electron chi connectivity index (χ2n) is 9.08. The number of hydrogen-bond donors (Lipinski definition) is 1. The highest BCUT2D eigenvalue weighted by Gasteiger charge is 2.32. The second kappa shape index (κ2) is 12.7. The summed E-state index contributed by atoms with van der Waals surface area (Å²) >= 11 is 12.7. The van der Waals surface area contributed by atoms with Gasteiger partial charge in [-0.15, -0.1) is 0 Å². The molecule has 0 fully saturated rings. The Labute approximate surface area is 234 Å². The maximum Gasteiger partial charge on any atom is 0.264 e. The Morgan fingerprint density at radius 2 is 1.45 bits per heavy atom. The molecule has 0 heterocycles. The van der Waals surface area contributed by atoms with E-state index >= 15 is 0 Å². The number of carbonyl (C=O) groups excluding carboxylic acids is 2. The van der Waals surface area contributed by atoms with Gasteiger partial charge in [-0.05, 0) is 54.8 Å². The first-order valence-electron chi connectivity index (χ1n) is 12.1. The highest BCUT2D eigenvalue weighted by molar-refractivity contribution is 7.92. The summed E-state index contributed by atoms with van der Waals surface area (Å²) in [5, 5.41) is 3.20. The van der Waals surface area contributed by atoms with Crippen molar-refractivity contribution in [3.63, 3.8) is 0 Å². The Kier molecular flexibility index (Phi) is 9.82. The summed E-state index contributed by atoms with van der Waals surface area (Å²) in [7, 11) is -2.66. The third-order valence-corrected chi connectivity index (χ3v) is 8.76. The van der Waals surface area contributed by atoms with Crippen LogP contribution in [0.4, 0.5) is 5.69 Å². The molecule has 0 aliphatic heterocycles. The van der Waals surface area contributed by atoms with Crippen molar-refractivity contribution in [3.05, 3.63) is 94.0 Å². The first-order valence-corrected chi connectivity index (χ1v) is 14.3. The van der Waals surface area contributed by atoms with Crippen LogP contribution in [-0.2, 0) is 26.2 Å². The van der Waals surface area contributed by atoms with Crippen LogP contribution in [0.2, 0.25) is 10.0 Å². The van der Waals surface area contributed by atoms with E-state index in [0.717, 1.165) is 9.87 Å². The van der Waals surface area contributed by atoms with Gasteiger partial charge in [0.05, 0.1) is 10.6 Å². The van der Waals surface area contributed by atoms with Crippen LogP contribution in [0.1, 0.15) is 37.8 Å². The minimum atomic E-state index is -4.12. The fourth-order valence-corrected chi connectivity index (χ4v) is 5.87. The number of amides is 2. The van der Waals surface area contributed by atoms with Crippen molar-refractivity contribution < 1.29 is 18.0 Å². The lowest BCUT2D eigenvalue weighted by Crippen LogP contribution is -2.50. The second-order valence-corrected chi connectivity index (χ2v) is 11.8. The Morgan fingerprint density at radius 1 is 0.868 bits per heavy atom. The summed E-state index contributed by atoms with van der Waals surface area (Å²) in [6.07, 6.45) is 0. The molecule has 0 aliphatic carbocycles. The molecule has 0 spiro atoms. The molecule has 202 valence electrons. The van der Waals surface area contributed by atoms with E-state index in [0.29, 0.717) is 21.3 Å². The summed E-state index contributed by atoms with van der Waals surface area (Å²) in [6.45, 7) is 5.01. The highest BCUT2D eigenvalue weighted by atomic mass is 35.5. The molecule has 3 aromatic carbocycles. The first-order chi connectivity index (χ1) is 18.0. The lowest BCUT2D eigenvalue weighted by molar-refractivity contribution is -0.139. The van der Waals surface area contributed by atoms with Gasteiger partial charge in [-0.1, -0.05) is 73.4 Å². The third kappa shape index (κ3) is 6.67. The van der Waals surface area contributed by atoms with Crippen LogP contribution in [0.15, 0.2) is 77.7 Å². The van der Waals surface area contributed by atoms with Crippen LogP contribution in [0.5, 0.6) is 0 Å². The largest absolute Gasteiger partial charge is 0.357 e. The van der Waals surface area contributed by atoms with Gasteiger partial charge >= 0.3 is 0 Å². The van der Waals surface area contributed by atoms with Crippen LogP contribution in [-0.4, -0.2) is 44.8 Å². The van der Waals surface area contributed by atoms with Crippen molar-refractivity contribution in [2.75, 3.05) is 17.9 Å². The van der Waals surface area contributed by atoms with Crippen LogP contribution >= 0.6 is 23.2 Å². The predicted octanol–water partition coefficient (Wildman–Crippen LogP) is 5.48. The summed E-state index contributed by atoms with van der Waals surface area (Å²) in [5.41, 5.74) is 1.81. The van der Waals surface area contributed by atoms with Crippen molar-refractivity contribution in [2.24, 2.45) is 0 Å². The van der Waals surface area contributed by atoms with Gasteiger partial charge in [0, 0.05) is 29.2 Å². The molecule has 3 aromatic rings. The van der Waals surface area contributed by atoms with Crippen LogP contribution in [0.3, 0.4) is 0 Å². The fourth-order valence-electron chi connectivity index (χ4n) is 3.92. The smallest absolute Gasteiger partial charge is 0.264 e. The Hall–Kier alpha value is -3.07. The Balaban J connectivity index is 2.06. The molecule has 0 unspecified atom stereocenters. The topological polar surface area (TPSA) is 86.8 Å². The molecule has 0 aliphatic rings. The Bertz CT molecular complexity index is 1360. The van der Waals surface area contributed by atoms with Gasteiger partial charge in [-0.25, -0.2) is 8.42 Å². The van der Waals surface area contributed by atoms with Gasteiger partial charge in [-0.2, -0.15) is 0 Å². The lowest BCUT2D eigenvalue weighted by Gasteiger charge is -2.32. The molecule has 1 N–H and O–H groups in total. The van der Waals surface area contributed by atoms with E-state index in [4.69, 9.17) is 23.2 Å². The number of halogens is 2. The monoisotopic (exact) mass is 575 g/mol. The summed E-state index contributed by atoms with van der Waals surface area (Å²) in [5.74, 6) is -0.765. The fraction of sp³-hybridized carbons (Fsp3) is 0.286. The number of nitrogens with one attached hydrogen (secondary N) is 1. The maximum absolute atomic E-state index is 13.8. The molecule has 2 amide bonds. The lowest BCUT2D eigenvalue weighted by atomic mass is 10.0. The zero-order valence-electron chi connectivity index (χ0n) is 21.7. The minimum Gasteiger partial charge on any atom is -0.357 e. The number of rotatable bonds is 10. The maximum atomic E-state index is 13.8. The number of nitrogens with zero attached hydrogens (tertiary/aromatic N) is 2. The average molecular weight is 577 g/mol. The number of anilines is 1. The molecule has 0 radical (unpaired) electrons. The number of likely N-dealkylation sites (N-methyl/N-ethyl adjacent to an activating group) is 1. The van der Waals surface area contributed by atoms with Crippen molar-refractivity contribution in [1.29, 1.82) is 0 Å². The third-order valence-electron chi connectivity index (χ3n) is 6.26. The molecule has 3 rings (SSSR count). The van der Waals surface area contributed by atoms with E-state index in [9.17, 15) is 18.0 Å². The molecule has 0 saturated carbocycles. The first kappa shape index (κ1) is 29.5. The van der Waals surface area contributed by atoms with Gasteiger partial charge in [-0.3, -0.25) is 13.9 Å². The molecule has 38 heavy (non-hydrogen) atoms. The molecular formula is C28H31Cl2N3O4S. The standard InChI is InChI=1S/C28H31Cl2N3O4S/c1-19(2)21-13-15-22(16-14-21)33(38(36,37)23-9-6-5-7-10-23)18-27(34)32(20(3)28(35)31-4)17-24-25(29)11-8-12-26(24)30/h5-16,19-20H,17-18H2,1-4H3,(H,31,35)/t20-/m1/s1. The van der Waals surface area contributed by atoms with Crippen molar-refractivity contribution in [2.45, 2.75) is 44.2 Å². The van der Waals surface area contributed by atoms with Crippen LogP contribution in [0, 0.1) is 0 Å². The van der Waals surface area contributed by atoms with Gasteiger partial charge in [0.1, 0.15) is 12.6 Å². The molecule has 0 bridgehead atoms. The SMILES string of the molecule is CNC(=O)[C@@H](C)N(Cc1c(Cl)cccc1Cl)C(=O)CN(c1ccc(C(C)C)cc1)S(=O)(=O)c1ccccc1. The quantitative estimate of drug-likeness (QED) is 0.347. The normalized spacial score (nSPS) is 12.2. The number of hydrogen-bond acceptors (Lipinski definition) is 4. The Morgan fingerprint density at radius 3 is 1.97 bits per heavy atom. The number of carbonyl (C=O) groups is 2. The van der Waals surface area contributed by atoms with Crippen molar-refractivity contribution in [3.8, 4) is 0 Å². The van der Waals surface area contributed by atoms with Gasteiger partial charge in [0.25, 0.3) is 10.0 Å². The van der Waals surface area contributed by atoms with E-state index in [1.54, 1.807) is 55.5 Å². The summed E-state index contributed by atoms with van der Waals surface area (Å²) < 4.78 is 28.6. The summed E-state index contributed by atoms with van der Waals surface area (Å²) in [6, 6.07) is 19.0. The molecule has 1 atom stereocenters. The van der Waals surface area contributed by atoms with E-state index < -0.39 is 34.4 Å². The summed E-state index contributed by atoms with van der Waals surface area (Å²) in [4.78, 5) is 27.7. The minimum absolute atomic E-state index is 0.0424. The molecular weight excluding hydrogens is 545 g/mol. The van der Waals surface area contributed by atoms with Gasteiger partial charge < -0.3 is 10.2 Å². The van der Waals surface area contributed by atoms with Gasteiger partial charge in [0.15, 0.2) is 0 Å². The van der Waals surface area contributed by atoms with Crippen molar-refractivity contribution in [1.82, 2.24) is 10.2 Å². The predicted molar refractivity (Wildman–Crippen MR) is 152 cm³/mol. The zero-order valence-corrected chi connectivity index (χ0v) is 24.0. The molecule has 10 heteroatoms. The van der Waals surface area contributed by atoms with E-state index in [1.807, 2.05) is 26.0 Å². The van der Waals surface area contributed by atoms with Crippen LogP contribution < -0.4 is 9.62 Å². The highest BCUT2D eigenvalue weighted by Crippen LogP contribution is 2.29. The molecule has 7 nitrogen and oxygen atoms in total. The number of sulfonamides is 1. The van der Waals surface area contributed by atoms with Crippen LogP contribution in [0.25, 0.3) is 0 Å². The molecule has 0 saturated heterocycles. The number of benzene rings is 3.